The first kappa shape index (κ1) is 30.2. The molecular weight excluding hydrogens is 661 g/mol. The quantitative estimate of drug-likeness (QED) is 0.180. The van der Waals surface area contributed by atoms with E-state index in [1.54, 1.807) is 0 Å². The lowest BCUT2D eigenvalue weighted by Gasteiger charge is -2.11. The van der Waals surface area contributed by atoms with Crippen molar-refractivity contribution in [2.75, 3.05) is 0 Å². The van der Waals surface area contributed by atoms with Gasteiger partial charge in [-0.05, 0) is 59.3 Å². The summed E-state index contributed by atoms with van der Waals surface area (Å²) in [5, 5.41) is 6.94. The number of aromatic nitrogens is 6. The SMILES string of the molecule is c1ccc(-c2cccc(-n3c4ccccc4c4cc5cc6c7ccccc7n(-c7nc(-c8ccccc8)nc(-c8ccccc8)n7)c6cc5cc43)n2)cc1. The van der Waals surface area contributed by atoms with Crippen LogP contribution in [0, 0.1) is 0 Å². The molecule has 0 radical (unpaired) electrons. The van der Waals surface area contributed by atoms with Gasteiger partial charge in [0.05, 0.1) is 27.8 Å². The van der Waals surface area contributed by atoms with E-state index in [0.29, 0.717) is 17.6 Å². The molecule has 11 rings (SSSR count). The number of hydrogen-bond acceptors (Lipinski definition) is 4. The van der Waals surface area contributed by atoms with E-state index in [-0.39, 0.29) is 0 Å². The monoisotopic (exact) mass is 690 g/mol. The molecule has 7 aromatic carbocycles. The summed E-state index contributed by atoms with van der Waals surface area (Å²) >= 11 is 0. The van der Waals surface area contributed by atoms with Gasteiger partial charge < -0.3 is 0 Å². The maximum Gasteiger partial charge on any atom is 0.238 e. The molecule has 0 unspecified atom stereocenters. The lowest BCUT2D eigenvalue weighted by molar-refractivity contribution is 0.954. The van der Waals surface area contributed by atoms with Crippen LogP contribution in [0.2, 0.25) is 0 Å². The van der Waals surface area contributed by atoms with E-state index in [4.69, 9.17) is 19.9 Å². The average molecular weight is 691 g/mol. The summed E-state index contributed by atoms with van der Waals surface area (Å²) in [6.07, 6.45) is 0. The van der Waals surface area contributed by atoms with Gasteiger partial charge in [0, 0.05) is 38.2 Å². The second kappa shape index (κ2) is 12.1. The Hall–Kier alpha value is -7.44. The molecule has 0 bridgehead atoms. The van der Waals surface area contributed by atoms with Crippen molar-refractivity contribution < 1.29 is 0 Å². The van der Waals surface area contributed by atoms with Gasteiger partial charge in [0.25, 0.3) is 0 Å². The van der Waals surface area contributed by atoms with Crippen LogP contribution < -0.4 is 0 Å². The van der Waals surface area contributed by atoms with Gasteiger partial charge in [-0.3, -0.25) is 9.13 Å². The predicted octanol–water partition coefficient (Wildman–Crippen LogP) is 11.6. The highest BCUT2D eigenvalue weighted by Crippen LogP contribution is 2.39. The Morgan fingerprint density at radius 2 is 0.796 bits per heavy atom. The summed E-state index contributed by atoms with van der Waals surface area (Å²) in [6, 6.07) is 63.2. The number of fused-ring (bicyclic) bond motifs is 7. The van der Waals surface area contributed by atoms with Crippen LogP contribution >= 0.6 is 0 Å². The number of benzene rings is 7. The zero-order valence-electron chi connectivity index (χ0n) is 29.0. The van der Waals surface area contributed by atoms with E-state index in [2.05, 4.69) is 124 Å². The lowest BCUT2D eigenvalue weighted by atomic mass is 10.0. The fraction of sp³-hybridized carbons (Fsp3) is 0. The zero-order valence-corrected chi connectivity index (χ0v) is 29.0. The molecule has 0 fully saturated rings. The Morgan fingerprint density at radius 1 is 0.315 bits per heavy atom. The average Bonchev–Trinajstić information content (AvgIpc) is 3.74. The number of rotatable bonds is 5. The maximum absolute atomic E-state index is 5.20. The minimum atomic E-state index is 0.574. The summed E-state index contributed by atoms with van der Waals surface area (Å²) in [5.41, 5.74) is 8.17. The van der Waals surface area contributed by atoms with Crippen molar-refractivity contribution in [1.29, 1.82) is 0 Å². The van der Waals surface area contributed by atoms with Crippen LogP contribution in [-0.4, -0.2) is 29.1 Å². The molecule has 0 saturated heterocycles. The van der Waals surface area contributed by atoms with Gasteiger partial charge >= 0.3 is 0 Å². The molecule has 4 aromatic heterocycles. The highest BCUT2D eigenvalue weighted by molar-refractivity contribution is 6.18. The summed E-state index contributed by atoms with van der Waals surface area (Å²) in [4.78, 5) is 20.5. The first-order valence-electron chi connectivity index (χ1n) is 18.1. The van der Waals surface area contributed by atoms with E-state index < -0.39 is 0 Å². The van der Waals surface area contributed by atoms with Gasteiger partial charge in [-0.1, -0.05) is 133 Å². The van der Waals surface area contributed by atoms with Gasteiger partial charge in [-0.25, -0.2) is 9.97 Å². The highest BCUT2D eigenvalue weighted by Gasteiger charge is 2.20. The normalized spacial score (nSPS) is 11.7. The molecule has 6 heteroatoms. The molecule has 11 aromatic rings. The number of para-hydroxylation sites is 2. The molecule has 0 amide bonds. The molecule has 0 aliphatic carbocycles. The number of hydrogen-bond donors (Lipinski definition) is 0. The van der Waals surface area contributed by atoms with Crippen LogP contribution in [0.1, 0.15) is 0 Å². The van der Waals surface area contributed by atoms with E-state index in [0.717, 1.165) is 71.8 Å². The minimum absolute atomic E-state index is 0.574. The molecule has 0 atom stereocenters. The van der Waals surface area contributed by atoms with Crippen molar-refractivity contribution in [3.63, 3.8) is 0 Å². The van der Waals surface area contributed by atoms with Gasteiger partial charge in [-0.2, -0.15) is 9.97 Å². The summed E-state index contributed by atoms with van der Waals surface area (Å²) in [7, 11) is 0. The van der Waals surface area contributed by atoms with E-state index in [1.807, 2.05) is 66.7 Å². The molecule has 6 nitrogen and oxygen atoms in total. The predicted molar refractivity (Wildman–Crippen MR) is 220 cm³/mol. The molecule has 54 heavy (non-hydrogen) atoms. The molecule has 4 heterocycles. The van der Waals surface area contributed by atoms with Crippen LogP contribution in [0.15, 0.2) is 182 Å². The van der Waals surface area contributed by atoms with Crippen LogP contribution in [0.3, 0.4) is 0 Å². The van der Waals surface area contributed by atoms with Crippen molar-refractivity contribution >= 4 is 54.4 Å². The Kier molecular flexibility index (Phi) is 6.75. The third-order valence-corrected chi connectivity index (χ3v) is 10.3. The highest BCUT2D eigenvalue weighted by atomic mass is 15.2. The van der Waals surface area contributed by atoms with Crippen LogP contribution in [-0.2, 0) is 0 Å². The maximum atomic E-state index is 5.20. The van der Waals surface area contributed by atoms with Crippen molar-refractivity contribution in [1.82, 2.24) is 29.1 Å². The van der Waals surface area contributed by atoms with Crippen molar-refractivity contribution in [3.05, 3.63) is 182 Å². The Bertz CT molecular complexity index is 3140. The number of pyridine rings is 1. The summed E-state index contributed by atoms with van der Waals surface area (Å²) in [5.74, 6) is 2.71. The Morgan fingerprint density at radius 3 is 1.39 bits per heavy atom. The fourth-order valence-electron chi connectivity index (χ4n) is 7.86. The van der Waals surface area contributed by atoms with Crippen LogP contribution in [0.25, 0.3) is 100 Å². The second-order valence-electron chi connectivity index (χ2n) is 13.6. The first-order valence-corrected chi connectivity index (χ1v) is 18.1. The summed E-state index contributed by atoms with van der Waals surface area (Å²) in [6.45, 7) is 0. The van der Waals surface area contributed by atoms with Crippen LogP contribution in [0.5, 0.6) is 0 Å². The second-order valence-corrected chi connectivity index (χ2v) is 13.6. The van der Waals surface area contributed by atoms with Gasteiger partial charge in [0.1, 0.15) is 5.82 Å². The molecular formula is C48H30N6. The minimum Gasteiger partial charge on any atom is -0.294 e. The molecule has 0 saturated carbocycles. The molecule has 0 aliphatic rings. The third-order valence-electron chi connectivity index (χ3n) is 10.3. The fourth-order valence-corrected chi connectivity index (χ4v) is 7.86. The third kappa shape index (κ3) is 4.81. The van der Waals surface area contributed by atoms with Crippen molar-refractivity contribution in [3.8, 4) is 45.8 Å². The summed E-state index contributed by atoms with van der Waals surface area (Å²) < 4.78 is 4.48. The molecule has 252 valence electrons. The molecule has 0 N–H and O–H groups in total. The smallest absolute Gasteiger partial charge is 0.238 e. The topological polar surface area (TPSA) is 61.4 Å². The van der Waals surface area contributed by atoms with E-state index in [1.165, 1.54) is 10.8 Å². The number of nitrogens with zero attached hydrogens (tertiary/aromatic N) is 6. The van der Waals surface area contributed by atoms with Gasteiger partial charge in [0.2, 0.25) is 5.95 Å². The van der Waals surface area contributed by atoms with E-state index in [9.17, 15) is 0 Å². The largest absolute Gasteiger partial charge is 0.294 e. The van der Waals surface area contributed by atoms with Crippen molar-refractivity contribution in [2.45, 2.75) is 0 Å². The van der Waals surface area contributed by atoms with Crippen LogP contribution in [0.4, 0.5) is 0 Å². The zero-order chi connectivity index (χ0) is 35.6. The molecule has 0 spiro atoms. The lowest BCUT2D eigenvalue weighted by Crippen LogP contribution is -2.06. The Balaban J connectivity index is 1.19. The van der Waals surface area contributed by atoms with Gasteiger partial charge in [-0.15, -0.1) is 0 Å². The first-order chi connectivity index (χ1) is 26.8. The molecule has 0 aliphatic heterocycles. The van der Waals surface area contributed by atoms with E-state index >= 15 is 0 Å². The van der Waals surface area contributed by atoms with Crippen molar-refractivity contribution in [2.24, 2.45) is 0 Å². The Labute approximate surface area is 310 Å². The van der Waals surface area contributed by atoms with Gasteiger partial charge in [0.15, 0.2) is 11.6 Å². The standard InChI is InChI=1S/C48H30N6/c1-4-15-31(16-5-1)40-23-14-26-45(49-40)53-41-24-12-10-21-36(41)38-27-34-28-39-37-22-11-13-25-42(37)54(44(39)30-35(34)29-43(38)53)48-51-46(32-17-6-2-7-18-32)50-47(52-48)33-19-8-3-9-20-33/h1-30H.